The van der Waals surface area contributed by atoms with Gasteiger partial charge in [0, 0.05) is 19.3 Å². The molecule has 1 atom stereocenters. The summed E-state index contributed by atoms with van der Waals surface area (Å²) in [5, 5.41) is 0. The number of allylic oxidation sites excluding steroid dienone is 18. The standard InChI is InChI=1S/C67H112O6/c1-4-7-10-13-16-19-22-25-28-31-32-33-34-37-39-42-45-48-51-54-57-60-66(69)72-63-64(73-67(70)61-58-55-52-49-46-43-40-36-30-27-24-21-18-15-12-9-6-3)62-71-65(68)59-56-53-50-47-44-41-38-35-29-26-23-20-17-14-11-8-5-2/h9,12,17-18,20-22,25-27,29-32,34,37,40,43,64H,4-8,10-11,13-16,19,23-24,28,33,35-36,38-39,41-42,44-63H2,1-3H3/b12-9-,20-17-,21-18-,25-22-,29-26-,30-27-,32-31-,37-34-,43-40-. The highest BCUT2D eigenvalue weighted by Crippen LogP contribution is 2.14. The van der Waals surface area contributed by atoms with Crippen molar-refractivity contribution in [3.63, 3.8) is 0 Å². The second-order valence-corrected chi connectivity index (χ2v) is 19.9. The summed E-state index contributed by atoms with van der Waals surface area (Å²) in [6.07, 6.45) is 82.2. The van der Waals surface area contributed by atoms with Gasteiger partial charge < -0.3 is 14.2 Å². The maximum absolute atomic E-state index is 12.9. The lowest BCUT2D eigenvalue weighted by atomic mass is 10.1. The van der Waals surface area contributed by atoms with Crippen molar-refractivity contribution in [3.05, 3.63) is 109 Å². The molecule has 0 aliphatic heterocycles. The largest absolute Gasteiger partial charge is 0.462 e. The molecule has 0 rings (SSSR count). The third-order valence-corrected chi connectivity index (χ3v) is 12.7. The van der Waals surface area contributed by atoms with Crippen LogP contribution in [0, 0.1) is 0 Å². The number of ether oxygens (including phenoxy) is 3. The van der Waals surface area contributed by atoms with E-state index in [2.05, 4.69) is 130 Å². The molecular formula is C67H112O6. The second-order valence-electron chi connectivity index (χ2n) is 19.9. The molecule has 0 aliphatic carbocycles. The van der Waals surface area contributed by atoms with Crippen LogP contribution in [-0.2, 0) is 28.6 Å². The van der Waals surface area contributed by atoms with Crippen molar-refractivity contribution in [2.45, 2.75) is 284 Å². The van der Waals surface area contributed by atoms with E-state index in [1.54, 1.807) is 0 Å². The van der Waals surface area contributed by atoms with Gasteiger partial charge >= 0.3 is 17.9 Å². The Morgan fingerprint density at radius 1 is 0.288 bits per heavy atom. The first kappa shape index (κ1) is 69.1. The van der Waals surface area contributed by atoms with Crippen LogP contribution in [0.5, 0.6) is 0 Å². The van der Waals surface area contributed by atoms with E-state index >= 15 is 0 Å². The molecule has 73 heavy (non-hydrogen) atoms. The molecule has 6 nitrogen and oxygen atoms in total. The molecule has 0 fully saturated rings. The lowest BCUT2D eigenvalue weighted by molar-refractivity contribution is -0.167. The van der Waals surface area contributed by atoms with Crippen molar-refractivity contribution in [1.29, 1.82) is 0 Å². The van der Waals surface area contributed by atoms with Crippen molar-refractivity contribution in [2.24, 2.45) is 0 Å². The topological polar surface area (TPSA) is 78.9 Å². The number of hydrogen-bond donors (Lipinski definition) is 0. The minimum Gasteiger partial charge on any atom is -0.462 e. The Morgan fingerprint density at radius 2 is 0.534 bits per heavy atom. The summed E-state index contributed by atoms with van der Waals surface area (Å²) in [4.78, 5) is 38.3. The summed E-state index contributed by atoms with van der Waals surface area (Å²) >= 11 is 0. The molecule has 0 saturated heterocycles. The van der Waals surface area contributed by atoms with Gasteiger partial charge in [0.1, 0.15) is 13.2 Å². The fraction of sp³-hybridized carbons (Fsp3) is 0.687. The predicted octanol–water partition coefficient (Wildman–Crippen LogP) is 20.7. The van der Waals surface area contributed by atoms with Gasteiger partial charge in [-0.25, -0.2) is 0 Å². The maximum atomic E-state index is 12.9. The third-order valence-electron chi connectivity index (χ3n) is 12.7. The molecule has 0 bridgehead atoms. The van der Waals surface area contributed by atoms with E-state index in [9.17, 15) is 14.4 Å². The van der Waals surface area contributed by atoms with Crippen LogP contribution in [0.3, 0.4) is 0 Å². The number of unbranched alkanes of at least 4 members (excludes halogenated alkanes) is 25. The third kappa shape index (κ3) is 58.8. The van der Waals surface area contributed by atoms with Crippen molar-refractivity contribution in [1.82, 2.24) is 0 Å². The van der Waals surface area contributed by atoms with Crippen LogP contribution in [0.2, 0.25) is 0 Å². The molecular weight excluding hydrogens is 901 g/mol. The average molecular weight is 1010 g/mol. The summed E-state index contributed by atoms with van der Waals surface area (Å²) in [6.45, 7) is 6.46. The van der Waals surface area contributed by atoms with Gasteiger partial charge in [0.15, 0.2) is 6.10 Å². The van der Waals surface area contributed by atoms with Crippen LogP contribution >= 0.6 is 0 Å². The zero-order valence-corrected chi connectivity index (χ0v) is 47.6. The monoisotopic (exact) mass is 1010 g/mol. The van der Waals surface area contributed by atoms with Gasteiger partial charge in [-0.15, -0.1) is 0 Å². The number of carbonyl (C=O) groups excluding carboxylic acids is 3. The van der Waals surface area contributed by atoms with E-state index in [0.29, 0.717) is 19.3 Å². The van der Waals surface area contributed by atoms with Gasteiger partial charge in [0.05, 0.1) is 0 Å². The first-order chi connectivity index (χ1) is 36.0. The molecule has 0 aromatic carbocycles. The van der Waals surface area contributed by atoms with Gasteiger partial charge in [0.25, 0.3) is 0 Å². The van der Waals surface area contributed by atoms with E-state index in [0.717, 1.165) is 128 Å². The Bertz CT molecular complexity index is 1490. The average Bonchev–Trinajstić information content (AvgIpc) is 3.39. The Morgan fingerprint density at radius 3 is 0.863 bits per heavy atom. The molecule has 0 aromatic heterocycles. The minimum atomic E-state index is -0.803. The highest BCUT2D eigenvalue weighted by atomic mass is 16.6. The van der Waals surface area contributed by atoms with E-state index < -0.39 is 6.10 Å². The first-order valence-electron chi connectivity index (χ1n) is 30.4. The van der Waals surface area contributed by atoms with Gasteiger partial charge in [0.2, 0.25) is 0 Å². The van der Waals surface area contributed by atoms with Crippen molar-refractivity contribution in [3.8, 4) is 0 Å². The smallest absolute Gasteiger partial charge is 0.306 e. The normalized spacial score (nSPS) is 12.9. The summed E-state index contributed by atoms with van der Waals surface area (Å²) in [5.41, 5.74) is 0. The van der Waals surface area contributed by atoms with Gasteiger partial charge in [-0.2, -0.15) is 0 Å². The van der Waals surface area contributed by atoms with E-state index in [4.69, 9.17) is 14.2 Å². The molecule has 0 radical (unpaired) electrons. The number of carbonyl (C=O) groups is 3. The molecule has 0 aliphatic rings. The van der Waals surface area contributed by atoms with Crippen LogP contribution in [0.1, 0.15) is 278 Å². The van der Waals surface area contributed by atoms with Crippen LogP contribution in [0.4, 0.5) is 0 Å². The maximum Gasteiger partial charge on any atom is 0.306 e. The summed E-state index contributed by atoms with van der Waals surface area (Å²) in [5.74, 6) is -0.938. The van der Waals surface area contributed by atoms with Crippen LogP contribution in [0.15, 0.2) is 109 Å². The van der Waals surface area contributed by atoms with Gasteiger partial charge in [-0.1, -0.05) is 239 Å². The SMILES string of the molecule is CC/C=C\C/C=C\C/C=C\C/C=C\CCCCCCC(=O)OC(COC(=O)CCCCCCCC/C=C\C/C=C\C/C=C\CCCCCCC)COC(=O)CCCCCCCCC/C=C\C/C=C\CCCCC. The summed E-state index contributed by atoms with van der Waals surface area (Å²) in [6, 6.07) is 0. The highest BCUT2D eigenvalue weighted by molar-refractivity contribution is 5.71. The van der Waals surface area contributed by atoms with Crippen LogP contribution < -0.4 is 0 Å². The fourth-order valence-electron chi connectivity index (χ4n) is 8.18. The van der Waals surface area contributed by atoms with Crippen molar-refractivity contribution < 1.29 is 28.6 Å². The quantitative estimate of drug-likeness (QED) is 0.0261. The molecule has 0 saturated carbocycles. The fourth-order valence-corrected chi connectivity index (χ4v) is 8.18. The minimum absolute atomic E-state index is 0.0980. The molecule has 416 valence electrons. The lowest BCUT2D eigenvalue weighted by Gasteiger charge is -2.18. The van der Waals surface area contributed by atoms with E-state index in [-0.39, 0.29) is 31.1 Å². The zero-order chi connectivity index (χ0) is 52.9. The van der Waals surface area contributed by atoms with Crippen molar-refractivity contribution >= 4 is 17.9 Å². The number of esters is 3. The molecule has 6 heteroatoms. The summed E-state index contributed by atoms with van der Waals surface area (Å²) < 4.78 is 16.9. The Labute approximate surface area is 450 Å². The molecule has 0 amide bonds. The molecule has 0 N–H and O–H groups in total. The zero-order valence-electron chi connectivity index (χ0n) is 47.6. The van der Waals surface area contributed by atoms with Gasteiger partial charge in [-0.3, -0.25) is 14.4 Å². The summed E-state index contributed by atoms with van der Waals surface area (Å²) in [7, 11) is 0. The van der Waals surface area contributed by atoms with E-state index in [1.807, 2.05) is 0 Å². The Balaban J connectivity index is 4.47. The van der Waals surface area contributed by atoms with Gasteiger partial charge in [-0.05, 0) is 128 Å². The second kappa shape index (κ2) is 60.6. The number of hydrogen-bond acceptors (Lipinski definition) is 6. The molecule has 0 spiro atoms. The Kier molecular flexibility index (Phi) is 57.4. The predicted molar refractivity (Wildman–Crippen MR) is 316 cm³/mol. The van der Waals surface area contributed by atoms with E-state index in [1.165, 1.54) is 109 Å². The number of rotatable bonds is 54. The van der Waals surface area contributed by atoms with Crippen LogP contribution in [0.25, 0.3) is 0 Å². The first-order valence-corrected chi connectivity index (χ1v) is 30.4. The molecule has 0 heterocycles. The van der Waals surface area contributed by atoms with Crippen molar-refractivity contribution in [2.75, 3.05) is 13.2 Å². The molecule has 1 unspecified atom stereocenters. The lowest BCUT2D eigenvalue weighted by Crippen LogP contribution is -2.30. The van der Waals surface area contributed by atoms with Crippen LogP contribution in [-0.4, -0.2) is 37.2 Å². The highest BCUT2D eigenvalue weighted by Gasteiger charge is 2.19. The molecule has 0 aromatic rings. The Hall–Kier alpha value is -3.93.